The van der Waals surface area contributed by atoms with E-state index in [1.165, 1.54) is 35.0 Å². The smallest absolute Gasteiger partial charge is 0.407 e. The number of alkyl halides is 1. The number of aryl methyl sites for hydroxylation is 1. The van der Waals surface area contributed by atoms with E-state index in [0.29, 0.717) is 54.8 Å². The predicted octanol–water partition coefficient (Wildman–Crippen LogP) is 6.35. The summed E-state index contributed by atoms with van der Waals surface area (Å²) in [7, 11) is -4.13. The van der Waals surface area contributed by atoms with Crippen LogP contribution in [0.3, 0.4) is 0 Å². The van der Waals surface area contributed by atoms with Crippen molar-refractivity contribution < 1.29 is 65.6 Å². The van der Waals surface area contributed by atoms with E-state index in [9.17, 15) is 29.1 Å². The molecule has 3 N–H and O–H groups in total. The molecule has 3 fully saturated rings. The summed E-state index contributed by atoms with van der Waals surface area (Å²) in [6, 6.07) is 9.40. The van der Waals surface area contributed by atoms with Crippen molar-refractivity contribution in [1.82, 2.24) is 49.2 Å². The maximum absolute atomic E-state index is 16.6. The van der Waals surface area contributed by atoms with E-state index in [0.717, 1.165) is 18.0 Å². The molecule has 0 aliphatic carbocycles. The number of anilines is 1. The molecule has 5 aromatic rings. The molecule has 0 bridgehead atoms. The number of benzene rings is 1. The van der Waals surface area contributed by atoms with Crippen molar-refractivity contribution in [3.8, 4) is 0 Å². The maximum atomic E-state index is 16.6. The topological polar surface area (TPSA) is 276 Å². The number of nitrogens with one attached hydrogen (secondary N) is 2. The van der Waals surface area contributed by atoms with E-state index in [1.807, 2.05) is 25.4 Å². The number of imidazole rings is 1. The summed E-state index contributed by atoms with van der Waals surface area (Å²) in [4.78, 5) is 86.7. The lowest BCUT2D eigenvalue weighted by atomic mass is 10.1. The number of hydrogen-bond donors (Lipinski definition) is 3. The lowest BCUT2D eigenvalue weighted by Crippen LogP contribution is -2.50. The summed E-state index contributed by atoms with van der Waals surface area (Å²) in [5.74, 6) is -0.402. The molecule has 3 saturated heterocycles. The number of aliphatic hydroxyl groups excluding tert-OH is 1. The van der Waals surface area contributed by atoms with Gasteiger partial charge in [0.2, 0.25) is 11.8 Å². The fourth-order valence-corrected chi connectivity index (χ4v) is 14.6. The van der Waals surface area contributed by atoms with Crippen LogP contribution in [0.15, 0.2) is 60.3 Å². The number of halogens is 1. The third kappa shape index (κ3) is 14.9. The molecule has 0 spiro atoms. The third-order valence-electron chi connectivity index (χ3n) is 16.2. The minimum atomic E-state index is -4.05. The Balaban J connectivity index is 0.940. The summed E-state index contributed by atoms with van der Waals surface area (Å²) < 4.78 is 72.3. The third-order valence-corrected chi connectivity index (χ3v) is 24.7. The Labute approximate surface area is 499 Å². The van der Waals surface area contributed by atoms with Crippen LogP contribution in [-0.2, 0) is 71.3 Å². The number of hydrogen-bond acceptors (Lipinski definition) is 19. The first-order valence-electron chi connectivity index (χ1n) is 28.8. The molecular weight excluding hydrogens is 1180 g/mol. The van der Waals surface area contributed by atoms with Crippen molar-refractivity contribution in [3.63, 3.8) is 0 Å². The van der Waals surface area contributed by atoms with Gasteiger partial charge in [0.05, 0.1) is 63.4 Å². The zero-order valence-electron chi connectivity index (χ0n) is 49.6. The van der Waals surface area contributed by atoms with Crippen LogP contribution >= 0.6 is 6.72 Å². The molecule has 0 unspecified atom stereocenters. The number of aromatic nitrogens is 7. The van der Waals surface area contributed by atoms with Gasteiger partial charge in [-0.25, -0.2) is 29.1 Å². The second-order valence-electron chi connectivity index (χ2n) is 24.5. The highest BCUT2D eigenvalue weighted by atomic mass is 32.5. The Bertz CT molecular complexity index is 3310. The van der Waals surface area contributed by atoms with Crippen LogP contribution in [0, 0.1) is 0 Å². The molecule has 25 nitrogen and oxygen atoms in total. The standard InChI is InChI=1S/C55H79FN11O14PSSi2/c1-35(69)64-19-14-18-38(64)29-76-82(83,77-30-39-25-40(56)52(78-39)66-27-37-17-13-20-65(47-43(37)48(66)59-31-58-47)50(71)36-15-11-10-12-16-36)80-46-45(81-85(8,9)55(2,3)4)41(28-68)79-53(46)67-33-60-44-49(67)61-32-63(51(44)72)21-22-74-34-62-42(70)26-57-54(73)75-23-24-84(5,6)7/h10-12,15-16,27,31-33,38-41,45-46,52-53,68H,13-14,17-26,28-30,34H2,1-9H3,(H,57,73)(H,62,70)/t38-,39-,40-,41-,45-,46-,52-,53-,82-/m1/s1. The molecule has 4 aliphatic rings. The monoisotopic (exact) mass is 1260 g/mol. The number of rotatable bonds is 24. The molecule has 4 aliphatic heterocycles. The van der Waals surface area contributed by atoms with Crippen LogP contribution in [0.1, 0.15) is 81.8 Å². The van der Waals surface area contributed by atoms with Crippen LogP contribution < -0.4 is 21.1 Å². The number of aliphatic hydroxyl groups is 1. The summed E-state index contributed by atoms with van der Waals surface area (Å²) in [6.45, 7) is 14.1. The van der Waals surface area contributed by atoms with Gasteiger partial charge in [-0.3, -0.25) is 37.7 Å². The molecule has 464 valence electrons. The lowest BCUT2D eigenvalue weighted by molar-refractivity contribution is -0.130. The van der Waals surface area contributed by atoms with Gasteiger partial charge in [-0.2, -0.15) is 0 Å². The number of carbonyl (C=O) groups is 4. The number of carbonyl (C=O) groups excluding carboxylic acids is 4. The number of nitrogens with zero attached hydrogens (tertiary/aromatic N) is 9. The molecule has 4 amide bonds. The van der Waals surface area contributed by atoms with Crippen LogP contribution in [-0.4, -0.2) is 180 Å². The van der Waals surface area contributed by atoms with Crippen LogP contribution in [0.2, 0.25) is 43.8 Å². The van der Waals surface area contributed by atoms with Gasteiger partial charge >= 0.3 is 12.8 Å². The van der Waals surface area contributed by atoms with Gasteiger partial charge in [-0.15, -0.1) is 0 Å². The van der Waals surface area contributed by atoms with Gasteiger partial charge in [0, 0.05) is 46.3 Å². The molecular formula is C55H79FN11O14PSSi2. The zero-order valence-corrected chi connectivity index (χ0v) is 53.4. The van der Waals surface area contributed by atoms with Crippen molar-refractivity contribution in [2.75, 3.05) is 64.3 Å². The number of fused-ring (bicyclic) bond motifs is 1. The molecule has 85 heavy (non-hydrogen) atoms. The highest BCUT2D eigenvalue weighted by molar-refractivity contribution is 8.07. The fourth-order valence-electron chi connectivity index (χ4n) is 10.5. The Morgan fingerprint density at radius 1 is 0.906 bits per heavy atom. The highest BCUT2D eigenvalue weighted by Gasteiger charge is 2.54. The zero-order chi connectivity index (χ0) is 61.0. The van der Waals surface area contributed by atoms with Crippen molar-refractivity contribution in [3.05, 3.63) is 77.0 Å². The Kier molecular flexibility index (Phi) is 20.3. The summed E-state index contributed by atoms with van der Waals surface area (Å²) >= 11 is 6.35. The van der Waals surface area contributed by atoms with Crippen LogP contribution in [0.25, 0.3) is 22.2 Å². The largest absolute Gasteiger partial charge is 0.450 e. The van der Waals surface area contributed by atoms with Crippen LogP contribution in [0.5, 0.6) is 0 Å². The fraction of sp³-hybridized carbons (Fsp3) is 0.618. The van der Waals surface area contributed by atoms with Crippen molar-refractivity contribution >= 4 is 86.7 Å². The summed E-state index contributed by atoms with van der Waals surface area (Å²) in [6.07, 6.45) is -0.265. The molecule has 0 radical (unpaired) electrons. The van der Waals surface area contributed by atoms with Gasteiger partial charge in [0.25, 0.3) is 11.5 Å². The van der Waals surface area contributed by atoms with Gasteiger partial charge in [-0.05, 0) is 79.4 Å². The second-order valence-corrected chi connectivity index (χ2v) is 37.9. The van der Waals surface area contributed by atoms with Gasteiger partial charge in [0.1, 0.15) is 61.9 Å². The van der Waals surface area contributed by atoms with Crippen LogP contribution in [0.4, 0.5) is 15.0 Å². The van der Waals surface area contributed by atoms with Gasteiger partial charge in [0.15, 0.2) is 31.9 Å². The van der Waals surface area contributed by atoms with E-state index in [-0.39, 0.29) is 86.7 Å². The Morgan fingerprint density at radius 2 is 1.67 bits per heavy atom. The van der Waals surface area contributed by atoms with Gasteiger partial charge < -0.3 is 57.6 Å². The average Bonchev–Trinajstić information content (AvgIpc) is 1.70. The van der Waals surface area contributed by atoms with E-state index in [2.05, 4.69) is 71.0 Å². The molecule has 30 heteroatoms. The lowest BCUT2D eigenvalue weighted by Gasteiger charge is -2.41. The molecule has 9 rings (SSSR count). The number of amides is 4. The van der Waals surface area contributed by atoms with Crippen molar-refractivity contribution in [2.24, 2.45) is 0 Å². The summed E-state index contributed by atoms with van der Waals surface area (Å²) in [5, 5.41) is 16.3. The van der Waals surface area contributed by atoms with E-state index >= 15 is 4.39 Å². The number of likely N-dealkylation sites (tertiary alicyclic amines) is 1. The Morgan fingerprint density at radius 3 is 2.40 bits per heavy atom. The maximum Gasteiger partial charge on any atom is 0.407 e. The van der Waals surface area contributed by atoms with Crippen molar-refractivity contribution in [2.45, 2.75) is 159 Å². The average molecular weight is 1260 g/mol. The van der Waals surface area contributed by atoms with E-state index in [1.54, 1.807) is 38.6 Å². The molecule has 1 aromatic carbocycles. The number of ether oxygens (including phenoxy) is 4. The van der Waals surface area contributed by atoms with Crippen molar-refractivity contribution in [1.29, 1.82) is 0 Å². The highest BCUT2D eigenvalue weighted by Crippen LogP contribution is 2.56. The quantitative estimate of drug-likeness (QED) is 0.0263. The van der Waals surface area contributed by atoms with E-state index in [4.69, 9.17) is 48.8 Å². The molecule has 9 atom stereocenters. The first kappa shape index (κ1) is 64.0. The first-order valence-corrected chi connectivity index (χ1v) is 38.0. The van der Waals surface area contributed by atoms with Gasteiger partial charge in [-0.1, -0.05) is 58.6 Å². The minimum Gasteiger partial charge on any atom is -0.450 e. The SMILES string of the molecule is CC(=O)N1CCC[C@@H]1CO[P@@](=S)(OC[C@H]1C[C@@H](F)[C@H](n2cc3c4c(ncnc42)N(C(=O)c2ccccc2)CCC3)O1)O[C@@H]1[C@H](O[Si](C)(C)C(C)(C)C)[C@@H](CO)O[C@H]1n1cnc2c(=O)n(CCOCNC(=O)CNC(=O)OCC[Si](C)(C)C)cnc21. The van der Waals surface area contributed by atoms with E-state index < -0.39 is 90.3 Å². The first-order chi connectivity index (χ1) is 40.3. The Hall–Kier alpha value is -5.44. The molecule has 4 aromatic heterocycles. The number of alkyl carbamates (subject to hydrolysis) is 1. The molecule has 0 saturated carbocycles. The second kappa shape index (κ2) is 26.9. The molecule has 8 heterocycles. The normalized spacial score (nSPS) is 23.6. The minimum absolute atomic E-state index is 0.00169. The summed E-state index contributed by atoms with van der Waals surface area (Å²) in [5.41, 5.74) is 1.35. The predicted molar refractivity (Wildman–Crippen MR) is 320 cm³/mol.